The maximum atomic E-state index is 12.7. The van der Waals surface area contributed by atoms with Gasteiger partial charge in [-0.25, -0.2) is 4.79 Å². The third-order valence-electron chi connectivity index (χ3n) is 3.58. The third-order valence-corrected chi connectivity index (χ3v) is 4.95. The maximum absolute atomic E-state index is 12.7. The first-order valence-electron chi connectivity index (χ1n) is 7.77. The average Bonchev–Trinajstić information content (AvgIpc) is 2.89. The van der Waals surface area contributed by atoms with Crippen molar-refractivity contribution >= 4 is 46.3 Å². The highest BCUT2D eigenvalue weighted by Crippen LogP contribution is 2.34. The number of carboxylic acid groups (broad SMARTS) is 1. The number of carbonyl (C=O) groups is 2. The van der Waals surface area contributed by atoms with Gasteiger partial charge in [0.1, 0.15) is 10.1 Å². The summed E-state index contributed by atoms with van der Waals surface area (Å²) in [6.07, 6.45) is 1.73. The first kappa shape index (κ1) is 18.2. The van der Waals surface area contributed by atoms with Crippen molar-refractivity contribution in [2.24, 2.45) is 0 Å². The van der Waals surface area contributed by atoms with E-state index in [1.54, 1.807) is 29.2 Å². The monoisotopic (exact) mass is 385 g/mol. The SMILES string of the molecule is O=C(O)COc1cccc(/C=C2\SC(=S)N(Cc3ccccc3)C2=O)c1. The second-order valence-corrected chi connectivity index (χ2v) is 7.18. The molecule has 0 radical (unpaired) electrons. The number of nitrogens with zero attached hydrogens (tertiary/aromatic N) is 1. The minimum atomic E-state index is -1.04. The van der Waals surface area contributed by atoms with E-state index in [0.717, 1.165) is 11.1 Å². The summed E-state index contributed by atoms with van der Waals surface area (Å²) in [5, 5.41) is 8.68. The number of hydrogen-bond donors (Lipinski definition) is 1. The Labute approximate surface area is 160 Å². The molecule has 2 aromatic carbocycles. The largest absolute Gasteiger partial charge is 0.482 e. The van der Waals surface area contributed by atoms with Crippen LogP contribution in [0.1, 0.15) is 11.1 Å². The van der Waals surface area contributed by atoms with E-state index in [1.165, 1.54) is 11.8 Å². The molecule has 7 heteroatoms. The van der Waals surface area contributed by atoms with Crippen LogP contribution in [0.3, 0.4) is 0 Å². The van der Waals surface area contributed by atoms with Gasteiger partial charge in [-0.3, -0.25) is 9.69 Å². The second kappa shape index (κ2) is 8.16. The Morgan fingerprint density at radius 1 is 1.19 bits per heavy atom. The number of carbonyl (C=O) groups excluding carboxylic acids is 1. The molecular formula is C19H15NO4S2. The first-order valence-corrected chi connectivity index (χ1v) is 8.99. The number of thiocarbonyl (C=S) groups is 1. The van der Waals surface area contributed by atoms with E-state index in [4.69, 9.17) is 22.1 Å². The summed E-state index contributed by atoms with van der Waals surface area (Å²) in [6.45, 7) is 0.0211. The van der Waals surface area contributed by atoms with Crippen LogP contribution in [0.25, 0.3) is 6.08 Å². The van der Waals surface area contributed by atoms with Crippen LogP contribution >= 0.6 is 24.0 Å². The molecular weight excluding hydrogens is 370 g/mol. The van der Waals surface area contributed by atoms with Gasteiger partial charge in [-0.2, -0.15) is 0 Å². The van der Waals surface area contributed by atoms with Gasteiger partial charge in [0.15, 0.2) is 6.61 Å². The van der Waals surface area contributed by atoms with Gasteiger partial charge in [-0.15, -0.1) is 0 Å². The third kappa shape index (κ3) is 4.50. The van der Waals surface area contributed by atoms with Crippen molar-refractivity contribution in [3.63, 3.8) is 0 Å². The number of thioether (sulfide) groups is 1. The molecule has 26 heavy (non-hydrogen) atoms. The lowest BCUT2D eigenvalue weighted by Gasteiger charge is -2.14. The van der Waals surface area contributed by atoms with E-state index in [0.29, 0.717) is 21.5 Å². The Morgan fingerprint density at radius 2 is 1.96 bits per heavy atom. The lowest BCUT2D eigenvalue weighted by molar-refractivity contribution is -0.139. The van der Waals surface area contributed by atoms with Crippen LogP contribution in [0, 0.1) is 0 Å². The highest BCUT2D eigenvalue weighted by atomic mass is 32.2. The lowest BCUT2D eigenvalue weighted by atomic mass is 10.2. The zero-order chi connectivity index (χ0) is 18.5. The summed E-state index contributed by atoms with van der Waals surface area (Å²) in [7, 11) is 0. The van der Waals surface area contributed by atoms with Crippen LogP contribution < -0.4 is 4.74 Å². The van der Waals surface area contributed by atoms with Crippen molar-refractivity contribution in [3.05, 3.63) is 70.6 Å². The Morgan fingerprint density at radius 3 is 2.69 bits per heavy atom. The molecule has 0 atom stereocenters. The number of aliphatic carboxylic acids is 1. The van der Waals surface area contributed by atoms with Gasteiger partial charge in [0.2, 0.25) is 0 Å². The summed E-state index contributed by atoms with van der Waals surface area (Å²) >= 11 is 6.60. The molecule has 0 spiro atoms. The summed E-state index contributed by atoms with van der Waals surface area (Å²) in [6, 6.07) is 16.6. The van der Waals surface area contributed by atoms with Crippen LogP contribution in [0.2, 0.25) is 0 Å². The molecule has 0 bridgehead atoms. The summed E-state index contributed by atoms with van der Waals surface area (Å²) < 4.78 is 5.68. The van der Waals surface area contributed by atoms with E-state index in [9.17, 15) is 9.59 Å². The fourth-order valence-electron chi connectivity index (χ4n) is 2.39. The fraction of sp³-hybridized carbons (Fsp3) is 0.105. The normalized spacial score (nSPS) is 15.5. The van der Waals surface area contributed by atoms with Crippen LogP contribution in [0.5, 0.6) is 5.75 Å². The molecule has 1 N–H and O–H groups in total. The summed E-state index contributed by atoms with van der Waals surface area (Å²) in [4.78, 5) is 25.4. The van der Waals surface area contributed by atoms with Crippen molar-refractivity contribution in [1.29, 1.82) is 0 Å². The molecule has 3 rings (SSSR count). The van der Waals surface area contributed by atoms with Crippen LogP contribution in [-0.4, -0.2) is 32.8 Å². The predicted molar refractivity (Wildman–Crippen MR) is 105 cm³/mol. The standard InChI is InChI=1S/C19H15NO4S2/c21-17(22)12-24-15-8-4-7-14(9-15)10-16-18(23)20(19(25)26-16)11-13-5-2-1-3-6-13/h1-10H,11-12H2,(H,21,22)/b16-10-. The molecule has 0 unspecified atom stereocenters. The topological polar surface area (TPSA) is 66.8 Å². The Hall–Kier alpha value is -2.64. The van der Waals surface area contributed by atoms with E-state index in [2.05, 4.69) is 0 Å². The fourth-order valence-corrected chi connectivity index (χ4v) is 3.65. The highest BCUT2D eigenvalue weighted by Gasteiger charge is 2.31. The molecule has 1 fully saturated rings. The van der Waals surface area contributed by atoms with Gasteiger partial charge in [-0.05, 0) is 29.3 Å². The average molecular weight is 385 g/mol. The molecule has 2 aromatic rings. The molecule has 1 aliphatic rings. The number of rotatable bonds is 6. The first-order chi connectivity index (χ1) is 12.5. The van der Waals surface area contributed by atoms with Gasteiger partial charge in [0.05, 0.1) is 11.4 Å². The minimum Gasteiger partial charge on any atom is -0.482 e. The molecule has 1 heterocycles. The van der Waals surface area contributed by atoms with Gasteiger partial charge in [0, 0.05) is 0 Å². The zero-order valence-corrected chi connectivity index (χ0v) is 15.3. The van der Waals surface area contributed by atoms with E-state index >= 15 is 0 Å². The van der Waals surface area contributed by atoms with Crippen molar-refractivity contribution in [2.75, 3.05) is 6.61 Å². The molecule has 0 aliphatic carbocycles. The number of ether oxygens (including phenoxy) is 1. The van der Waals surface area contributed by atoms with Crippen molar-refractivity contribution < 1.29 is 19.4 Å². The van der Waals surface area contributed by atoms with Gasteiger partial charge < -0.3 is 9.84 Å². The smallest absolute Gasteiger partial charge is 0.341 e. The summed E-state index contributed by atoms with van der Waals surface area (Å²) in [5.74, 6) is -0.751. The van der Waals surface area contributed by atoms with Crippen molar-refractivity contribution in [3.8, 4) is 5.75 Å². The van der Waals surface area contributed by atoms with E-state index in [-0.39, 0.29) is 5.91 Å². The van der Waals surface area contributed by atoms with E-state index < -0.39 is 12.6 Å². The number of carboxylic acids is 1. The number of hydrogen-bond acceptors (Lipinski definition) is 5. The van der Waals surface area contributed by atoms with Crippen molar-refractivity contribution in [2.45, 2.75) is 6.54 Å². The van der Waals surface area contributed by atoms with Gasteiger partial charge in [0.25, 0.3) is 5.91 Å². The van der Waals surface area contributed by atoms with Crippen LogP contribution in [-0.2, 0) is 16.1 Å². The predicted octanol–water partition coefficient (Wildman–Crippen LogP) is 3.55. The molecule has 5 nitrogen and oxygen atoms in total. The summed E-state index contributed by atoms with van der Waals surface area (Å²) in [5.41, 5.74) is 1.75. The zero-order valence-electron chi connectivity index (χ0n) is 13.6. The number of amides is 1. The van der Waals surface area contributed by atoms with Crippen LogP contribution in [0.4, 0.5) is 0 Å². The molecule has 1 saturated heterocycles. The Kier molecular flexibility index (Phi) is 5.70. The second-order valence-electron chi connectivity index (χ2n) is 5.51. The maximum Gasteiger partial charge on any atom is 0.341 e. The van der Waals surface area contributed by atoms with Gasteiger partial charge in [-0.1, -0.05) is 66.4 Å². The quantitative estimate of drug-likeness (QED) is 0.606. The molecule has 1 amide bonds. The highest BCUT2D eigenvalue weighted by molar-refractivity contribution is 8.26. The number of benzene rings is 2. The van der Waals surface area contributed by atoms with E-state index in [1.807, 2.05) is 36.4 Å². The van der Waals surface area contributed by atoms with Crippen molar-refractivity contribution in [1.82, 2.24) is 4.90 Å². The van der Waals surface area contributed by atoms with Gasteiger partial charge >= 0.3 is 5.97 Å². The molecule has 0 saturated carbocycles. The Balaban J connectivity index is 1.75. The molecule has 132 valence electrons. The lowest BCUT2D eigenvalue weighted by Crippen LogP contribution is -2.27. The minimum absolute atomic E-state index is 0.138. The molecule has 1 aliphatic heterocycles. The van der Waals surface area contributed by atoms with Crippen LogP contribution in [0.15, 0.2) is 59.5 Å². The molecule has 0 aromatic heterocycles. The Bertz CT molecular complexity index is 880.